The van der Waals surface area contributed by atoms with Gasteiger partial charge in [0.05, 0.1) is 11.0 Å². The molecule has 0 aliphatic rings. The van der Waals surface area contributed by atoms with Gasteiger partial charge in [0.1, 0.15) is 0 Å². The Morgan fingerprint density at radius 2 is 1.81 bits per heavy atom. The third-order valence-corrected chi connectivity index (χ3v) is 4.67. The van der Waals surface area contributed by atoms with E-state index in [1.807, 2.05) is 24.3 Å². The Bertz CT molecular complexity index is 894. The Labute approximate surface area is 126 Å². The Hall–Kier alpha value is -2.27. The fourth-order valence-electron chi connectivity index (χ4n) is 2.47. The molecule has 0 aliphatic carbocycles. The molecule has 2 aromatic carbocycles. The van der Waals surface area contributed by atoms with Crippen LogP contribution in [0.3, 0.4) is 0 Å². The van der Waals surface area contributed by atoms with Crippen LogP contribution in [0.1, 0.15) is 17.7 Å². The van der Waals surface area contributed by atoms with E-state index in [0.29, 0.717) is 5.25 Å². The third-order valence-electron chi connectivity index (χ3n) is 3.55. The van der Waals surface area contributed by atoms with E-state index in [2.05, 4.69) is 56.8 Å². The molecule has 4 aromatic rings. The normalized spacial score (nSPS) is 13.0. The standard InChI is InChI=1S/C16H14N4S/c1-11(12-7-3-2-4-8-12)21-16-19-18-15-17-13-9-5-6-10-14(13)20(15)16/h2-11H,1H3,(H,17,18). The van der Waals surface area contributed by atoms with Crippen LogP contribution in [0, 0.1) is 0 Å². The van der Waals surface area contributed by atoms with Crippen molar-refractivity contribution in [2.24, 2.45) is 0 Å². The summed E-state index contributed by atoms with van der Waals surface area (Å²) in [5.74, 6) is 0.791. The van der Waals surface area contributed by atoms with Gasteiger partial charge in [-0.25, -0.2) is 10.1 Å². The molecule has 0 saturated heterocycles. The van der Waals surface area contributed by atoms with Gasteiger partial charge in [-0.1, -0.05) is 54.2 Å². The molecule has 0 amide bonds. The molecule has 0 radical (unpaired) electrons. The third kappa shape index (κ3) is 2.10. The zero-order chi connectivity index (χ0) is 14.2. The van der Waals surface area contributed by atoms with E-state index in [0.717, 1.165) is 22.0 Å². The van der Waals surface area contributed by atoms with Gasteiger partial charge in [0, 0.05) is 5.25 Å². The Morgan fingerprint density at radius 1 is 1.05 bits per heavy atom. The fourth-order valence-corrected chi connectivity index (χ4v) is 3.47. The van der Waals surface area contributed by atoms with E-state index in [1.54, 1.807) is 11.8 Å². The highest BCUT2D eigenvalue weighted by atomic mass is 32.2. The molecule has 0 fully saturated rings. The molecule has 0 saturated carbocycles. The van der Waals surface area contributed by atoms with E-state index in [-0.39, 0.29) is 0 Å². The summed E-state index contributed by atoms with van der Waals surface area (Å²) in [5, 5.41) is 8.70. The van der Waals surface area contributed by atoms with E-state index in [9.17, 15) is 0 Å². The summed E-state index contributed by atoms with van der Waals surface area (Å²) in [6.45, 7) is 2.19. The molecule has 2 aromatic heterocycles. The summed E-state index contributed by atoms with van der Waals surface area (Å²) in [4.78, 5) is 4.55. The van der Waals surface area contributed by atoms with Crippen molar-refractivity contribution < 1.29 is 0 Å². The molecule has 4 nitrogen and oxygen atoms in total. The number of thioether (sulfide) groups is 1. The Kier molecular flexibility index (Phi) is 2.93. The van der Waals surface area contributed by atoms with Crippen LogP contribution in [-0.2, 0) is 0 Å². The van der Waals surface area contributed by atoms with Crippen molar-refractivity contribution in [1.82, 2.24) is 19.6 Å². The molecule has 1 unspecified atom stereocenters. The van der Waals surface area contributed by atoms with Crippen molar-refractivity contribution in [3.63, 3.8) is 0 Å². The molecular formula is C16H14N4S. The Balaban J connectivity index is 1.77. The smallest absolute Gasteiger partial charge is 0.231 e. The highest BCUT2D eigenvalue weighted by molar-refractivity contribution is 7.99. The first-order valence-electron chi connectivity index (χ1n) is 6.86. The van der Waals surface area contributed by atoms with Crippen molar-refractivity contribution in [1.29, 1.82) is 0 Å². The number of hydrogen-bond donors (Lipinski definition) is 1. The summed E-state index contributed by atoms with van der Waals surface area (Å²) >= 11 is 1.73. The maximum atomic E-state index is 4.55. The van der Waals surface area contributed by atoms with Crippen LogP contribution in [-0.4, -0.2) is 19.6 Å². The van der Waals surface area contributed by atoms with Crippen LogP contribution in [0.4, 0.5) is 0 Å². The van der Waals surface area contributed by atoms with Gasteiger partial charge in [-0.2, -0.15) is 0 Å². The van der Waals surface area contributed by atoms with Gasteiger partial charge >= 0.3 is 0 Å². The van der Waals surface area contributed by atoms with E-state index < -0.39 is 0 Å². The second kappa shape index (κ2) is 4.93. The Morgan fingerprint density at radius 3 is 2.67 bits per heavy atom. The van der Waals surface area contributed by atoms with Crippen molar-refractivity contribution in [3.8, 4) is 0 Å². The molecule has 21 heavy (non-hydrogen) atoms. The van der Waals surface area contributed by atoms with Gasteiger partial charge in [0.2, 0.25) is 5.78 Å². The van der Waals surface area contributed by atoms with Gasteiger partial charge in [-0.05, 0) is 24.6 Å². The van der Waals surface area contributed by atoms with Crippen LogP contribution in [0.25, 0.3) is 16.8 Å². The molecule has 2 heterocycles. The summed E-state index contributed by atoms with van der Waals surface area (Å²) in [5.41, 5.74) is 3.37. The number of para-hydroxylation sites is 2. The van der Waals surface area contributed by atoms with Crippen LogP contribution >= 0.6 is 11.8 Å². The lowest BCUT2D eigenvalue weighted by Gasteiger charge is -2.09. The van der Waals surface area contributed by atoms with Gasteiger partial charge in [-0.15, -0.1) is 5.10 Å². The molecule has 4 rings (SSSR count). The fraction of sp³-hybridized carbons (Fsp3) is 0.125. The topological polar surface area (TPSA) is 46.0 Å². The zero-order valence-corrected chi connectivity index (χ0v) is 12.3. The monoisotopic (exact) mass is 294 g/mol. The van der Waals surface area contributed by atoms with Crippen molar-refractivity contribution >= 4 is 28.6 Å². The number of H-pyrrole nitrogens is 1. The van der Waals surface area contributed by atoms with Gasteiger partial charge in [-0.3, -0.25) is 4.40 Å². The lowest BCUT2D eigenvalue weighted by atomic mass is 10.2. The van der Waals surface area contributed by atoms with Crippen LogP contribution in [0.5, 0.6) is 0 Å². The first-order valence-corrected chi connectivity index (χ1v) is 7.74. The predicted molar refractivity (Wildman–Crippen MR) is 85.6 cm³/mol. The minimum atomic E-state index is 0.332. The molecule has 0 bridgehead atoms. The average molecular weight is 294 g/mol. The summed E-state index contributed by atoms with van der Waals surface area (Å²) in [7, 11) is 0. The van der Waals surface area contributed by atoms with Gasteiger partial charge in [0.25, 0.3) is 0 Å². The minimum absolute atomic E-state index is 0.332. The predicted octanol–water partition coefficient (Wildman–Crippen LogP) is 4.06. The largest absolute Gasteiger partial charge is 0.254 e. The molecule has 1 N–H and O–H groups in total. The average Bonchev–Trinajstić information content (AvgIpc) is 3.08. The summed E-state index contributed by atoms with van der Waals surface area (Å²) < 4.78 is 2.08. The molecular weight excluding hydrogens is 280 g/mol. The molecule has 1 atom stereocenters. The van der Waals surface area contributed by atoms with Crippen molar-refractivity contribution in [2.75, 3.05) is 0 Å². The van der Waals surface area contributed by atoms with Crippen LogP contribution < -0.4 is 0 Å². The number of hydrogen-bond acceptors (Lipinski definition) is 3. The number of imidazole rings is 1. The highest BCUT2D eigenvalue weighted by Crippen LogP contribution is 2.34. The maximum Gasteiger partial charge on any atom is 0.231 e. The number of nitrogens with one attached hydrogen (secondary N) is 1. The quantitative estimate of drug-likeness (QED) is 0.579. The second-order valence-electron chi connectivity index (χ2n) is 4.94. The van der Waals surface area contributed by atoms with Crippen molar-refractivity contribution in [3.05, 3.63) is 60.2 Å². The first kappa shape index (κ1) is 12.5. The minimum Gasteiger partial charge on any atom is -0.254 e. The number of rotatable bonds is 3. The number of nitrogens with zero attached hydrogens (tertiary/aromatic N) is 3. The number of aromatic amines is 1. The second-order valence-corrected chi connectivity index (χ2v) is 6.24. The first-order chi connectivity index (χ1) is 10.3. The van der Waals surface area contributed by atoms with Crippen LogP contribution in [0.2, 0.25) is 0 Å². The zero-order valence-electron chi connectivity index (χ0n) is 11.5. The summed E-state index contributed by atoms with van der Waals surface area (Å²) in [6, 6.07) is 18.6. The number of fused-ring (bicyclic) bond motifs is 3. The van der Waals surface area contributed by atoms with E-state index in [1.165, 1.54) is 5.56 Å². The van der Waals surface area contributed by atoms with Crippen molar-refractivity contribution in [2.45, 2.75) is 17.3 Å². The highest BCUT2D eigenvalue weighted by Gasteiger charge is 2.15. The van der Waals surface area contributed by atoms with Gasteiger partial charge < -0.3 is 0 Å². The summed E-state index contributed by atoms with van der Waals surface area (Å²) in [6.07, 6.45) is 0. The molecule has 5 heteroatoms. The molecule has 0 aliphatic heterocycles. The van der Waals surface area contributed by atoms with E-state index >= 15 is 0 Å². The number of benzene rings is 2. The van der Waals surface area contributed by atoms with Gasteiger partial charge in [0.15, 0.2) is 5.16 Å². The lowest BCUT2D eigenvalue weighted by molar-refractivity contribution is 0.929. The molecule has 0 spiro atoms. The SMILES string of the molecule is CC(Sc1n[nH]c2nc3ccccc3n12)c1ccccc1. The van der Waals surface area contributed by atoms with E-state index in [4.69, 9.17) is 0 Å². The van der Waals surface area contributed by atoms with Crippen LogP contribution in [0.15, 0.2) is 59.8 Å². The molecule has 104 valence electrons. The lowest BCUT2D eigenvalue weighted by Crippen LogP contribution is -1.91. The number of aromatic nitrogens is 4. The maximum absolute atomic E-state index is 4.55.